The van der Waals surface area contributed by atoms with E-state index in [9.17, 15) is 4.39 Å². The quantitative estimate of drug-likeness (QED) is 0.362. The van der Waals surface area contributed by atoms with Gasteiger partial charge in [0.1, 0.15) is 11.6 Å². The number of benzene rings is 2. The van der Waals surface area contributed by atoms with Gasteiger partial charge in [-0.05, 0) is 79.9 Å². The molecule has 0 saturated carbocycles. The summed E-state index contributed by atoms with van der Waals surface area (Å²) >= 11 is 0. The summed E-state index contributed by atoms with van der Waals surface area (Å²) in [4.78, 5) is 6.94. The molecule has 3 aromatic rings. The van der Waals surface area contributed by atoms with Gasteiger partial charge in [0.25, 0.3) is 0 Å². The van der Waals surface area contributed by atoms with Gasteiger partial charge in [0.2, 0.25) is 0 Å². The summed E-state index contributed by atoms with van der Waals surface area (Å²) < 4.78 is 20.4. The van der Waals surface area contributed by atoms with E-state index >= 15 is 0 Å². The van der Waals surface area contributed by atoms with Gasteiger partial charge < -0.3 is 15.4 Å². The lowest BCUT2D eigenvalue weighted by molar-refractivity contribution is 0.241. The fraction of sp³-hybridized carbons (Fsp3) is 0.400. The molecule has 0 bridgehead atoms. The zero-order chi connectivity index (χ0) is 21.5. The Morgan fingerprint density at radius 2 is 1.90 bits per heavy atom. The Balaban J connectivity index is 1.76. The molecule has 2 N–H and O–H groups in total. The van der Waals surface area contributed by atoms with E-state index in [-0.39, 0.29) is 5.82 Å². The number of nitrogens with two attached hydrogens (primary N) is 1. The van der Waals surface area contributed by atoms with Crippen molar-refractivity contribution in [3.63, 3.8) is 0 Å². The van der Waals surface area contributed by atoms with Crippen molar-refractivity contribution < 1.29 is 9.13 Å². The van der Waals surface area contributed by atoms with Crippen LogP contribution in [0.2, 0.25) is 0 Å². The summed E-state index contributed by atoms with van der Waals surface area (Å²) in [5, 5.41) is 0.996. The molecule has 0 amide bonds. The number of nitrogen functional groups attached to an aromatic ring is 1. The minimum absolute atomic E-state index is 0.281. The molecule has 0 atom stereocenters. The third kappa shape index (κ3) is 5.48. The van der Waals surface area contributed by atoms with Gasteiger partial charge in [-0.25, -0.2) is 4.39 Å². The average Bonchev–Trinajstić information content (AvgIpc) is 2.72. The van der Waals surface area contributed by atoms with Crippen molar-refractivity contribution in [3.8, 4) is 5.75 Å². The van der Waals surface area contributed by atoms with Gasteiger partial charge in [0, 0.05) is 30.2 Å². The second kappa shape index (κ2) is 10.4. The lowest BCUT2D eigenvalue weighted by Crippen LogP contribution is -2.26. The second-order valence-corrected chi connectivity index (χ2v) is 7.77. The van der Waals surface area contributed by atoms with Crippen molar-refractivity contribution in [2.75, 3.05) is 32.0 Å². The lowest BCUT2D eigenvalue weighted by Gasteiger charge is -2.19. The van der Waals surface area contributed by atoms with Crippen molar-refractivity contribution in [1.29, 1.82) is 0 Å². The molecule has 0 unspecified atom stereocenters. The van der Waals surface area contributed by atoms with E-state index in [4.69, 9.17) is 10.5 Å². The molecule has 30 heavy (non-hydrogen) atoms. The fourth-order valence-electron chi connectivity index (χ4n) is 3.77. The molecule has 0 radical (unpaired) electrons. The van der Waals surface area contributed by atoms with E-state index in [1.165, 1.54) is 12.5 Å². The highest BCUT2D eigenvalue weighted by molar-refractivity contribution is 5.85. The first-order valence-corrected chi connectivity index (χ1v) is 10.8. The van der Waals surface area contributed by atoms with Gasteiger partial charge in [0.05, 0.1) is 12.1 Å². The SMILES string of the molecule is CCCN(CC)CCCOc1cc2c(Cc3ccc(N)cc3F)ccnc2cc1C. The van der Waals surface area contributed by atoms with Gasteiger partial charge in [0.15, 0.2) is 0 Å². The number of halogens is 1. The largest absolute Gasteiger partial charge is 0.493 e. The highest BCUT2D eigenvalue weighted by Crippen LogP contribution is 2.28. The van der Waals surface area contributed by atoms with Gasteiger partial charge >= 0.3 is 0 Å². The zero-order valence-corrected chi connectivity index (χ0v) is 18.2. The molecule has 3 rings (SSSR count). The van der Waals surface area contributed by atoms with Gasteiger partial charge in [-0.15, -0.1) is 0 Å². The molecule has 1 aromatic heterocycles. The minimum Gasteiger partial charge on any atom is -0.493 e. The maximum atomic E-state index is 14.3. The maximum absolute atomic E-state index is 14.3. The van der Waals surface area contributed by atoms with E-state index in [0.717, 1.165) is 53.8 Å². The fourth-order valence-corrected chi connectivity index (χ4v) is 3.77. The van der Waals surface area contributed by atoms with Crippen LogP contribution in [0.4, 0.5) is 10.1 Å². The Hall–Kier alpha value is -2.66. The zero-order valence-electron chi connectivity index (χ0n) is 18.2. The van der Waals surface area contributed by atoms with E-state index < -0.39 is 0 Å². The average molecular weight is 410 g/mol. The number of rotatable bonds is 10. The van der Waals surface area contributed by atoms with Crippen LogP contribution in [0, 0.1) is 12.7 Å². The molecule has 0 aliphatic rings. The molecule has 0 spiro atoms. The van der Waals surface area contributed by atoms with E-state index in [2.05, 4.69) is 23.7 Å². The van der Waals surface area contributed by atoms with Crippen LogP contribution in [0.25, 0.3) is 10.9 Å². The summed E-state index contributed by atoms with van der Waals surface area (Å²) in [5.74, 6) is 0.587. The molecule has 1 heterocycles. The first-order valence-electron chi connectivity index (χ1n) is 10.8. The van der Waals surface area contributed by atoms with Crippen LogP contribution in [0.15, 0.2) is 42.6 Å². The molecule has 5 heteroatoms. The number of aromatic nitrogens is 1. The van der Waals surface area contributed by atoms with Gasteiger partial charge in [-0.2, -0.15) is 0 Å². The van der Waals surface area contributed by atoms with E-state index in [1.807, 2.05) is 25.1 Å². The Bertz CT molecular complexity index is 990. The third-order valence-electron chi connectivity index (χ3n) is 5.45. The van der Waals surface area contributed by atoms with Crippen LogP contribution in [-0.2, 0) is 6.42 Å². The minimum atomic E-state index is -0.281. The Morgan fingerprint density at radius 3 is 2.63 bits per heavy atom. The molecule has 0 saturated heterocycles. The highest BCUT2D eigenvalue weighted by atomic mass is 19.1. The van der Waals surface area contributed by atoms with E-state index in [1.54, 1.807) is 18.3 Å². The summed E-state index contributed by atoms with van der Waals surface area (Å²) in [5.41, 5.74) is 9.71. The smallest absolute Gasteiger partial charge is 0.128 e. The molecule has 160 valence electrons. The number of fused-ring (bicyclic) bond motifs is 1. The topological polar surface area (TPSA) is 51.4 Å². The molecule has 0 aliphatic carbocycles. The van der Waals surface area contributed by atoms with Gasteiger partial charge in [-0.3, -0.25) is 4.98 Å². The van der Waals surface area contributed by atoms with Gasteiger partial charge in [-0.1, -0.05) is 19.9 Å². The summed E-state index contributed by atoms with van der Waals surface area (Å²) in [6.07, 6.45) is 4.42. The second-order valence-electron chi connectivity index (χ2n) is 7.77. The van der Waals surface area contributed by atoms with Crippen molar-refractivity contribution in [2.45, 2.75) is 40.0 Å². The van der Waals surface area contributed by atoms with Crippen molar-refractivity contribution >= 4 is 16.6 Å². The maximum Gasteiger partial charge on any atom is 0.128 e. The number of nitrogens with zero attached hydrogens (tertiary/aromatic N) is 2. The van der Waals surface area contributed by atoms with E-state index in [0.29, 0.717) is 24.3 Å². The predicted octanol–water partition coefficient (Wildman–Crippen LogP) is 5.36. The Kier molecular flexibility index (Phi) is 7.63. The standard InChI is InChI=1S/C25H32FN3O/c1-4-11-29(5-2)12-6-13-30-25-17-22-19(9-10-28-24(22)14-18(25)3)15-20-7-8-21(27)16-23(20)26/h7-10,14,16-17H,4-6,11-13,15,27H2,1-3H3. The van der Waals surface area contributed by atoms with Crippen LogP contribution in [0.5, 0.6) is 5.75 Å². The Labute approximate surface area is 178 Å². The predicted molar refractivity (Wildman–Crippen MR) is 123 cm³/mol. The van der Waals surface area contributed by atoms with Crippen LogP contribution < -0.4 is 10.5 Å². The number of ether oxygens (including phenoxy) is 1. The summed E-state index contributed by atoms with van der Waals surface area (Å²) in [7, 11) is 0. The molecule has 2 aromatic carbocycles. The number of hydrogen-bond donors (Lipinski definition) is 1. The van der Waals surface area contributed by atoms with Crippen molar-refractivity contribution in [1.82, 2.24) is 9.88 Å². The third-order valence-corrected chi connectivity index (χ3v) is 5.45. The molecular formula is C25H32FN3O. The summed E-state index contributed by atoms with van der Waals surface area (Å²) in [6, 6.07) is 10.9. The molecular weight excluding hydrogens is 377 g/mol. The van der Waals surface area contributed by atoms with Crippen molar-refractivity contribution in [3.05, 3.63) is 65.1 Å². The first kappa shape index (κ1) is 22.0. The van der Waals surface area contributed by atoms with Crippen LogP contribution in [-0.4, -0.2) is 36.1 Å². The van der Waals surface area contributed by atoms with Crippen LogP contribution in [0.3, 0.4) is 0 Å². The first-order chi connectivity index (χ1) is 14.5. The molecule has 4 nitrogen and oxygen atoms in total. The molecule has 0 fully saturated rings. The van der Waals surface area contributed by atoms with Crippen molar-refractivity contribution in [2.24, 2.45) is 0 Å². The number of hydrogen-bond acceptors (Lipinski definition) is 4. The monoisotopic (exact) mass is 409 g/mol. The van der Waals surface area contributed by atoms with Crippen LogP contribution in [0.1, 0.15) is 43.4 Å². The summed E-state index contributed by atoms with van der Waals surface area (Å²) in [6.45, 7) is 10.4. The lowest BCUT2D eigenvalue weighted by atomic mass is 9.99. The highest BCUT2D eigenvalue weighted by Gasteiger charge is 2.11. The molecule has 0 aliphatic heterocycles. The normalized spacial score (nSPS) is 11.4. The Morgan fingerprint density at radius 1 is 1.07 bits per heavy atom. The number of anilines is 1. The number of pyridine rings is 1. The van der Waals surface area contributed by atoms with Crippen LogP contribution >= 0.6 is 0 Å². The number of aryl methyl sites for hydroxylation is 1.